The van der Waals surface area contributed by atoms with Gasteiger partial charge in [0.2, 0.25) is 11.8 Å². The Hall–Kier alpha value is -3.26. The summed E-state index contributed by atoms with van der Waals surface area (Å²) in [7, 11) is 0. The first-order valence-electron chi connectivity index (χ1n) is 13.7. The average molecular weight is 552 g/mol. The number of amides is 5. The van der Waals surface area contributed by atoms with Crippen LogP contribution in [0.1, 0.15) is 64.0 Å². The second kappa shape index (κ2) is 9.44. The Morgan fingerprint density at radius 2 is 1.67 bits per heavy atom. The summed E-state index contributed by atoms with van der Waals surface area (Å²) in [6.45, 7) is 3.88. The molecule has 5 amide bonds. The molecule has 3 unspecified atom stereocenters. The van der Waals surface area contributed by atoms with E-state index >= 15 is 0 Å². The Balaban J connectivity index is 1.56. The van der Waals surface area contributed by atoms with Crippen LogP contribution in [0.2, 0.25) is 5.02 Å². The van der Waals surface area contributed by atoms with Gasteiger partial charge in [0.15, 0.2) is 0 Å². The minimum Gasteiger partial charge on any atom is -0.300 e. The molecule has 4 aliphatic rings. The number of carbonyl (C=O) groups is 4. The Kier molecular flexibility index (Phi) is 6.29. The minimum atomic E-state index is -1.55. The van der Waals surface area contributed by atoms with E-state index in [0.717, 1.165) is 37.0 Å². The molecule has 4 fully saturated rings. The van der Waals surface area contributed by atoms with Crippen LogP contribution in [0.25, 0.3) is 0 Å². The van der Waals surface area contributed by atoms with Crippen molar-refractivity contribution in [2.24, 2.45) is 17.8 Å². The third kappa shape index (κ3) is 3.74. The summed E-state index contributed by atoms with van der Waals surface area (Å²) in [4.78, 5) is 61.3. The van der Waals surface area contributed by atoms with Gasteiger partial charge in [-0.2, -0.15) is 0 Å². The van der Waals surface area contributed by atoms with Gasteiger partial charge in [0.05, 0.1) is 23.6 Å². The molecule has 3 saturated heterocycles. The molecule has 0 N–H and O–H groups in total. The predicted octanol–water partition coefficient (Wildman–Crippen LogP) is 5.72. The zero-order valence-electron chi connectivity index (χ0n) is 22.0. The fraction of sp³-hybridized carbons (Fsp3) is 0.467. The molecule has 3 aliphatic heterocycles. The maximum absolute atomic E-state index is 14.6. The summed E-state index contributed by atoms with van der Waals surface area (Å²) >= 11 is 6.23. The number of benzene rings is 2. The van der Waals surface area contributed by atoms with Crippen LogP contribution >= 0.6 is 11.6 Å². The molecule has 9 heteroatoms. The van der Waals surface area contributed by atoms with Gasteiger partial charge in [0.1, 0.15) is 11.4 Å². The molecule has 2 aromatic rings. The lowest BCUT2D eigenvalue weighted by Gasteiger charge is -2.38. The van der Waals surface area contributed by atoms with Gasteiger partial charge in [0, 0.05) is 11.1 Å². The van der Waals surface area contributed by atoms with E-state index in [1.165, 1.54) is 21.9 Å². The van der Waals surface area contributed by atoms with Gasteiger partial charge in [-0.05, 0) is 61.1 Å². The van der Waals surface area contributed by atoms with Crippen molar-refractivity contribution in [3.05, 3.63) is 64.9 Å². The second-order valence-corrected chi connectivity index (χ2v) is 12.1. The monoisotopic (exact) mass is 551 g/mol. The SMILES string of the molecule is CC(C)C[C@@]12C(=O)N(c3cccc(Cl)c3)C(=O)N1C(c1ccc(F)cc1)C1C(=O)N(C3CCCCC3)C(=O)C12. The maximum atomic E-state index is 14.6. The van der Waals surface area contributed by atoms with Gasteiger partial charge < -0.3 is 4.90 Å². The quantitative estimate of drug-likeness (QED) is 0.352. The highest BCUT2D eigenvalue weighted by Gasteiger charge is 2.77. The number of urea groups is 1. The molecule has 3 heterocycles. The normalized spacial score (nSPS) is 29.2. The number of halogens is 2. The molecule has 0 spiro atoms. The van der Waals surface area contributed by atoms with Crippen molar-refractivity contribution in [3.8, 4) is 0 Å². The van der Waals surface area contributed by atoms with Gasteiger partial charge in [-0.1, -0.05) is 62.9 Å². The third-order valence-corrected chi connectivity index (χ3v) is 9.09. The number of hydrogen-bond acceptors (Lipinski definition) is 4. The van der Waals surface area contributed by atoms with Crippen LogP contribution in [0, 0.1) is 23.6 Å². The molecule has 39 heavy (non-hydrogen) atoms. The Morgan fingerprint density at radius 3 is 2.31 bits per heavy atom. The van der Waals surface area contributed by atoms with Crippen LogP contribution in [0.3, 0.4) is 0 Å². The first kappa shape index (κ1) is 26.0. The van der Waals surface area contributed by atoms with Gasteiger partial charge in [0.25, 0.3) is 5.91 Å². The highest BCUT2D eigenvalue weighted by atomic mass is 35.5. The maximum Gasteiger partial charge on any atom is 0.332 e. The Morgan fingerprint density at radius 1 is 0.974 bits per heavy atom. The molecule has 0 aromatic heterocycles. The number of likely N-dealkylation sites (tertiary alicyclic amines) is 1. The smallest absolute Gasteiger partial charge is 0.300 e. The average Bonchev–Trinajstić information content (AvgIpc) is 3.42. The van der Waals surface area contributed by atoms with Gasteiger partial charge in [-0.15, -0.1) is 0 Å². The standard InChI is InChI=1S/C30H31ClFN3O4/c1-17(2)16-30-24-23(26(36)33(27(24)37)21-8-4-3-5-9-21)25(18-11-13-20(32)14-12-18)35(30)29(39)34(28(30)38)22-10-6-7-19(31)15-22/h6-7,10-15,17,21,23-25H,3-5,8-9,16H2,1-2H3/t23?,24?,25?,30-/m1/s1. The number of fused-ring (bicyclic) bond motifs is 3. The van der Waals surface area contributed by atoms with Crippen LogP contribution in [0.5, 0.6) is 0 Å². The molecule has 1 aliphatic carbocycles. The lowest BCUT2D eigenvalue weighted by Crippen LogP contribution is -2.55. The second-order valence-electron chi connectivity index (χ2n) is 11.6. The minimum absolute atomic E-state index is 0.0668. The van der Waals surface area contributed by atoms with Crippen LogP contribution in [0.15, 0.2) is 48.5 Å². The molecular formula is C30H31ClFN3O4. The summed E-state index contributed by atoms with van der Waals surface area (Å²) in [5, 5.41) is 0.363. The highest BCUT2D eigenvalue weighted by Crippen LogP contribution is 2.61. The molecule has 2 aromatic carbocycles. The van der Waals surface area contributed by atoms with Gasteiger partial charge >= 0.3 is 6.03 Å². The van der Waals surface area contributed by atoms with Crippen molar-refractivity contribution in [2.45, 2.75) is 70.0 Å². The number of rotatable bonds is 5. The van der Waals surface area contributed by atoms with Crippen LogP contribution < -0.4 is 4.90 Å². The lowest BCUT2D eigenvalue weighted by atomic mass is 9.74. The predicted molar refractivity (Wildman–Crippen MR) is 143 cm³/mol. The number of carbonyl (C=O) groups excluding carboxylic acids is 4. The van der Waals surface area contributed by atoms with Crippen molar-refractivity contribution in [2.75, 3.05) is 4.90 Å². The fourth-order valence-corrected chi connectivity index (χ4v) is 7.68. The summed E-state index contributed by atoms with van der Waals surface area (Å²) in [5.41, 5.74) is -0.712. The Bertz CT molecular complexity index is 1360. The van der Waals surface area contributed by atoms with E-state index in [9.17, 15) is 23.6 Å². The molecule has 1 saturated carbocycles. The fourth-order valence-electron chi connectivity index (χ4n) is 7.50. The number of nitrogens with zero attached hydrogens (tertiary/aromatic N) is 3. The van der Waals surface area contributed by atoms with Crippen molar-refractivity contribution in [1.82, 2.24) is 9.80 Å². The number of imide groups is 2. The lowest BCUT2D eigenvalue weighted by molar-refractivity contribution is -0.147. The van der Waals surface area contributed by atoms with Crippen LogP contribution in [-0.4, -0.2) is 45.1 Å². The molecule has 4 atom stereocenters. The zero-order chi connectivity index (χ0) is 27.6. The molecule has 6 rings (SSSR count). The third-order valence-electron chi connectivity index (χ3n) is 8.86. The molecular weight excluding hydrogens is 521 g/mol. The van der Waals surface area contributed by atoms with E-state index in [0.29, 0.717) is 16.3 Å². The van der Waals surface area contributed by atoms with Crippen molar-refractivity contribution >= 4 is 41.0 Å². The first-order valence-corrected chi connectivity index (χ1v) is 14.1. The van der Waals surface area contributed by atoms with Gasteiger partial charge in [-0.25, -0.2) is 14.1 Å². The highest BCUT2D eigenvalue weighted by molar-refractivity contribution is 6.32. The molecule has 204 valence electrons. The van der Waals surface area contributed by atoms with E-state index in [4.69, 9.17) is 11.6 Å². The topological polar surface area (TPSA) is 78.0 Å². The summed E-state index contributed by atoms with van der Waals surface area (Å²) in [6, 6.07) is 10.4. The molecule has 7 nitrogen and oxygen atoms in total. The van der Waals surface area contributed by atoms with Crippen molar-refractivity contribution in [3.63, 3.8) is 0 Å². The number of hydrogen-bond donors (Lipinski definition) is 0. The zero-order valence-corrected chi connectivity index (χ0v) is 22.7. The first-order chi connectivity index (χ1) is 18.7. The van der Waals surface area contributed by atoms with E-state index < -0.39 is 41.2 Å². The van der Waals surface area contributed by atoms with Crippen molar-refractivity contribution < 1.29 is 23.6 Å². The van der Waals surface area contributed by atoms with E-state index in [1.807, 2.05) is 13.8 Å². The van der Waals surface area contributed by atoms with E-state index in [-0.39, 0.29) is 30.2 Å². The van der Waals surface area contributed by atoms with Crippen LogP contribution in [0.4, 0.5) is 14.9 Å². The molecule has 0 bridgehead atoms. The van der Waals surface area contributed by atoms with Crippen molar-refractivity contribution in [1.29, 1.82) is 0 Å². The summed E-state index contributed by atoms with van der Waals surface area (Å²) < 4.78 is 14.0. The van der Waals surface area contributed by atoms with Gasteiger partial charge in [-0.3, -0.25) is 19.3 Å². The van der Waals surface area contributed by atoms with Crippen LogP contribution in [-0.2, 0) is 14.4 Å². The number of anilines is 1. The van der Waals surface area contributed by atoms with E-state index in [2.05, 4.69) is 0 Å². The molecule has 0 radical (unpaired) electrons. The largest absolute Gasteiger partial charge is 0.332 e. The summed E-state index contributed by atoms with van der Waals surface area (Å²) in [6.07, 6.45) is 4.61. The Labute approximate surface area is 231 Å². The van der Waals surface area contributed by atoms with E-state index in [1.54, 1.807) is 36.4 Å². The summed E-state index contributed by atoms with van der Waals surface area (Å²) in [5.74, 6) is -3.69.